The highest BCUT2D eigenvalue weighted by molar-refractivity contribution is 6.30. The Bertz CT molecular complexity index is 598. The van der Waals surface area contributed by atoms with Crippen molar-refractivity contribution < 1.29 is 9.26 Å². The molecule has 0 aliphatic rings. The Hall–Kier alpha value is -1.59. The zero-order valence-electron chi connectivity index (χ0n) is 12.5. The minimum atomic E-state index is 0.0737. The summed E-state index contributed by atoms with van der Waals surface area (Å²) >= 11 is 5.96. The second kappa shape index (κ2) is 6.91. The van der Waals surface area contributed by atoms with Crippen LogP contribution in [0.15, 0.2) is 22.7 Å². The van der Waals surface area contributed by atoms with Gasteiger partial charge in [-0.2, -0.15) is 4.98 Å². The maximum atomic E-state index is 5.96. The highest BCUT2D eigenvalue weighted by Crippen LogP contribution is 2.32. The molecule has 1 atom stereocenters. The SMILES string of the molecule is COc1cc(Cl)ccc1-c1noc(C(CN)CC(C)C)n1. The van der Waals surface area contributed by atoms with Gasteiger partial charge in [-0.15, -0.1) is 0 Å². The second-order valence-electron chi connectivity index (χ2n) is 5.36. The Morgan fingerprint density at radius 2 is 2.14 bits per heavy atom. The zero-order valence-corrected chi connectivity index (χ0v) is 13.2. The van der Waals surface area contributed by atoms with E-state index >= 15 is 0 Å². The largest absolute Gasteiger partial charge is 0.496 e. The fourth-order valence-electron chi connectivity index (χ4n) is 2.23. The summed E-state index contributed by atoms with van der Waals surface area (Å²) in [6.07, 6.45) is 0.913. The third-order valence-electron chi connectivity index (χ3n) is 3.24. The molecule has 0 spiro atoms. The van der Waals surface area contributed by atoms with Crippen molar-refractivity contribution in [3.63, 3.8) is 0 Å². The van der Waals surface area contributed by atoms with Gasteiger partial charge < -0.3 is 15.0 Å². The maximum absolute atomic E-state index is 5.96. The van der Waals surface area contributed by atoms with Crippen molar-refractivity contribution in [1.29, 1.82) is 0 Å². The summed E-state index contributed by atoms with van der Waals surface area (Å²) in [6, 6.07) is 5.31. The van der Waals surface area contributed by atoms with Crippen LogP contribution < -0.4 is 10.5 Å². The summed E-state index contributed by atoms with van der Waals surface area (Å²) in [5.74, 6) is 2.26. The van der Waals surface area contributed by atoms with E-state index in [9.17, 15) is 0 Å². The van der Waals surface area contributed by atoms with E-state index in [0.29, 0.717) is 34.9 Å². The summed E-state index contributed by atoms with van der Waals surface area (Å²) in [6.45, 7) is 4.77. The molecular formula is C15H20ClN3O2. The van der Waals surface area contributed by atoms with Gasteiger partial charge in [0.1, 0.15) is 5.75 Å². The van der Waals surface area contributed by atoms with Crippen LogP contribution in [0.1, 0.15) is 32.1 Å². The summed E-state index contributed by atoms with van der Waals surface area (Å²) < 4.78 is 10.7. The predicted octanol–water partition coefficient (Wildman–Crippen LogP) is 3.49. The lowest BCUT2D eigenvalue weighted by atomic mass is 9.97. The lowest BCUT2D eigenvalue weighted by molar-refractivity contribution is 0.334. The predicted molar refractivity (Wildman–Crippen MR) is 82.5 cm³/mol. The standard InChI is InChI=1S/C15H20ClN3O2/c1-9(2)6-10(8-17)15-18-14(19-21-15)12-5-4-11(16)7-13(12)20-3/h4-5,7,9-10H,6,8,17H2,1-3H3. The van der Waals surface area contributed by atoms with Crippen LogP contribution in [0, 0.1) is 5.92 Å². The highest BCUT2D eigenvalue weighted by Gasteiger charge is 2.20. The van der Waals surface area contributed by atoms with Crippen molar-refractivity contribution >= 4 is 11.6 Å². The Morgan fingerprint density at radius 3 is 2.76 bits per heavy atom. The molecule has 0 radical (unpaired) electrons. The molecule has 0 aliphatic carbocycles. The molecule has 1 aromatic heterocycles. The van der Waals surface area contributed by atoms with Crippen LogP contribution in [0.25, 0.3) is 11.4 Å². The minimum Gasteiger partial charge on any atom is -0.496 e. The molecule has 1 aromatic carbocycles. The summed E-state index contributed by atoms with van der Waals surface area (Å²) in [5, 5.41) is 4.63. The summed E-state index contributed by atoms with van der Waals surface area (Å²) in [5.41, 5.74) is 6.55. The number of halogens is 1. The van der Waals surface area contributed by atoms with Crippen molar-refractivity contribution in [3.8, 4) is 17.1 Å². The molecule has 2 rings (SSSR count). The van der Waals surface area contributed by atoms with E-state index in [1.165, 1.54) is 0 Å². The van der Waals surface area contributed by atoms with E-state index in [2.05, 4.69) is 24.0 Å². The smallest absolute Gasteiger partial charge is 0.231 e. The lowest BCUT2D eigenvalue weighted by Crippen LogP contribution is -2.15. The highest BCUT2D eigenvalue weighted by atomic mass is 35.5. The number of methoxy groups -OCH3 is 1. The molecule has 0 saturated heterocycles. The minimum absolute atomic E-state index is 0.0737. The quantitative estimate of drug-likeness (QED) is 0.884. The third-order valence-corrected chi connectivity index (χ3v) is 3.47. The first-order chi connectivity index (χ1) is 10.0. The van der Waals surface area contributed by atoms with E-state index in [1.807, 2.05) is 6.07 Å². The normalized spacial score (nSPS) is 12.7. The Labute approximate surface area is 129 Å². The van der Waals surface area contributed by atoms with E-state index in [0.717, 1.165) is 12.0 Å². The number of hydrogen-bond acceptors (Lipinski definition) is 5. The molecule has 0 aliphatic heterocycles. The number of rotatable bonds is 6. The molecule has 6 heteroatoms. The van der Waals surface area contributed by atoms with Crippen LogP contribution in [-0.2, 0) is 0 Å². The number of nitrogens with two attached hydrogens (primary N) is 1. The molecule has 5 nitrogen and oxygen atoms in total. The molecular weight excluding hydrogens is 290 g/mol. The van der Waals surface area contributed by atoms with Gasteiger partial charge in [-0.25, -0.2) is 0 Å². The molecule has 0 amide bonds. The fraction of sp³-hybridized carbons (Fsp3) is 0.467. The lowest BCUT2D eigenvalue weighted by Gasteiger charge is -2.12. The molecule has 21 heavy (non-hydrogen) atoms. The summed E-state index contributed by atoms with van der Waals surface area (Å²) in [4.78, 5) is 4.46. The molecule has 2 N–H and O–H groups in total. The Morgan fingerprint density at radius 1 is 1.38 bits per heavy atom. The monoisotopic (exact) mass is 309 g/mol. The number of nitrogens with zero attached hydrogens (tertiary/aromatic N) is 2. The van der Waals surface area contributed by atoms with Crippen molar-refractivity contribution in [2.24, 2.45) is 11.7 Å². The van der Waals surface area contributed by atoms with Crippen LogP contribution in [0.4, 0.5) is 0 Å². The average molecular weight is 310 g/mol. The molecule has 0 saturated carbocycles. The average Bonchev–Trinajstić information content (AvgIpc) is 2.93. The molecule has 1 heterocycles. The van der Waals surface area contributed by atoms with Gasteiger partial charge in [0.2, 0.25) is 11.7 Å². The van der Waals surface area contributed by atoms with Gasteiger partial charge >= 0.3 is 0 Å². The first-order valence-corrected chi connectivity index (χ1v) is 7.30. The van der Waals surface area contributed by atoms with Crippen molar-refractivity contribution in [3.05, 3.63) is 29.1 Å². The fourth-order valence-corrected chi connectivity index (χ4v) is 2.39. The van der Waals surface area contributed by atoms with Crippen molar-refractivity contribution in [2.45, 2.75) is 26.2 Å². The molecule has 0 bridgehead atoms. The molecule has 114 valence electrons. The zero-order chi connectivity index (χ0) is 15.4. The number of hydrogen-bond donors (Lipinski definition) is 1. The van der Waals surface area contributed by atoms with E-state index in [1.54, 1.807) is 19.2 Å². The van der Waals surface area contributed by atoms with Gasteiger partial charge in [0.05, 0.1) is 18.6 Å². The number of ether oxygens (including phenoxy) is 1. The Kier molecular flexibility index (Phi) is 5.20. The van der Waals surface area contributed by atoms with Gasteiger partial charge in [-0.05, 0) is 30.5 Å². The first kappa shape index (κ1) is 15.8. The molecule has 2 aromatic rings. The van der Waals surface area contributed by atoms with Gasteiger partial charge in [-0.1, -0.05) is 30.6 Å². The van der Waals surface area contributed by atoms with E-state index < -0.39 is 0 Å². The van der Waals surface area contributed by atoms with Crippen LogP contribution >= 0.6 is 11.6 Å². The van der Waals surface area contributed by atoms with E-state index in [4.69, 9.17) is 26.6 Å². The Balaban J connectivity index is 2.31. The van der Waals surface area contributed by atoms with Crippen LogP contribution in [0.2, 0.25) is 5.02 Å². The first-order valence-electron chi connectivity index (χ1n) is 6.92. The maximum Gasteiger partial charge on any atom is 0.231 e. The second-order valence-corrected chi connectivity index (χ2v) is 5.80. The summed E-state index contributed by atoms with van der Waals surface area (Å²) in [7, 11) is 1.58. The third kappa shape index (κ3) is 3.74. The molecule has 1 unspecified atom stereocenters. The number of benzene rings is 1. The number of aromatic nitrogens is 2. The molecule has 0 fully saturated rings. The van der Waals surface area contributed by atoms with Gasteiger partial charge in [0, 0.05) is 11.6 Å². The topological polar surface area (TPSA) is 74.2 Å². The van der Waals surface area contributed by atoms with Crippen molar-refractivity contribution in [1.82, 2.24) is 10.1 Å². The van der Waals surface area contributed by atoms with Gasteiger partial charge in [-0.3, -0.25) is 0 Å². The van der Waals surface area contributed by atoms with Crippen LogP contribution in [-0.4, -0.2) is 23.8 Å². The van der Waals surface area contributed by atoms with Crippen LogP contribution in [0.3, 0.4) is 0 Å². The van der Waals surface area contributed by atoms with Crippen LogP contribution in [0.5, 0.6) is 5.75 Å². The van der Waals surface area contributed by atoms with Gasteiger partial charge in [0.25, 0.3) is 0 Å². The van der Waals surface area contributed by atoms with Crippen molar-refractivity contribution in [2.75, 3.05) is 13.7 Å². The van der Waals surface area contributed by atoms with E-state index in [-0.39, 0.29) is 5.92 Å². The van der Waals surface area contributed by atoms with Gasteiger partial charge in [0.15, 0.2) is 0 Å².